The van der Waals surface area contributed by atoms with Gasteiger partial charge in [-0.05, 0) is 18.2 Å². The minimum Gasteiger partial charge on any atom is -0.439 e. The van der Waals surface area contributed by atoms with Crippen molar-refractivity contribution >= 4 is 23.6 Å². The van der Waals surface area contributed by atoms with Gasteiger partial charge in [-0.25, -0.2) is 9.18 Å². The Labute approximate surface area is 126 Å². The van der Waals surface area contributed by atoms with Crippen molar-refractivity contribution in [2.75, 3.05) is 26.7 Å². The molecule has 3 rings (SSSR count). The standard InChI is InChI=1S/C14H14ClFN2O3/c1-17-7-14(21-13(17)20)2-3-18(8-14)12(19)9-4-10(15)6-11(16)5-9/h4-6H,2-3,7-8H2,1H3/t14-/m0/s1. The van der Waals surface area contributed by atoms with Gasteiger partial charge in [0.1, 0.15) is 5.82 Å². The van der Waals surface area contributed by atoms with Gasteiger partial charge in [0.2, 0.25) is 0 Å². The summed E-state index contributed by atoms with van der Waals surface area (Å²) in [5.41, 5.74) is -0.437. The van der Waals surface area contributed by atoms with E-state index in [1.54, 1.807) is 11.9 Å². The number of hydrogen-bond acceptors (Lipinski definition) is 3. The average molecular weight is 313 g/mol. The highest BCUT2D eigenvalue weighted by Gasteiger charge is 2.49. The number of carbonyl (C=O) groups excluding carboxylic acids is 2. The number of likely N-dealkylation sites (N-methyl/N-ethyl adjacent to an activating group) is 1. The number of nitrogens with zero attached hydrogens (tertiary/aromatic N) is 2. The minimum atomic E-state index is -0.640. The molecule has 0 unspecified atom stereocenters. The van der Waals surface area contributed by atoms with Gasteiger partial charge in [-0.2, -0.15) is 0 Å². The molecule has 21 heavy (non-hydrogen) atoms. The zero-order valence-electron chi connectivity index (χ0n) is 11.4. The molecule has 1 aromatic rings. The summed E-state index contributed by atoms with van der Waals surface area (Å²) < 4.78 is 18.7. The third-order valence-corrected chi connectivity index (χ3v) is 4.07. The second-order valence-corrected chi connectivity index (χ2v) is 5.98. The van der Waals surface area contributed by atoms with Crippen molar-refractivity contribution in [2.24, 2.45) is 0 Å². The van der Waals surface area contributed by atoms with E-state index in [4.69, 9.17) is 16.3 Å². The highest BCUT2D eigenvalue weighted by Crippen LogP contribution is 2.32. The third kappa shape index (κ3) is 2.55. The predicted molar refractivity (Wildman–Crippen MR) is 73.8 cm³/mol. The molecule has 2 aliphatic heterocycles. The van der Waals surface area contributed by atoms with E-state index in [9.17, 15) is 14.0 Å². The number of ether oxygens (including phenoxy) is 1. The Morgan fingerprint density at radius 3 is 2.76 bits per heavy atom. The molecule has 5 nitrogen and oxygen atoms in total. The van der Waals surface area contributed by atoms with Crippen molar-refractivity contribution in [1.29, 1.82) is 0 Å². The van der Waals surface area contributed by atoms with E-state index in [0.717, 1.165) is 12.1 Å². The molecule has 0 N–H and O–H groups in total. The van der Waals surface area contributed by atoms with E-state index >= 15 is 0 Å². The lowest BCUT2D eigenvalue weighted by atomic mass is 10.0. The number of likely N-dealkylation sites (tertiary alicyclic amines) is 1. The topological polar surface area (TPSA) is 49.9 Å². The number of benzene rings is 1. The lowest BCUT2D eigenvalue weighted by molar-refractivity contribution is 0.0553. The summed E-state index contributed by atoms with van der Waals surface area (Å²) >= 11 is 5.77. The fourth-order valence-electron chi connectivity index (χ4n) is 2.88. The van der Waals surface area contributed by atoms with Crippen LogP contribution in [0.3, 0.4) is 0 Å². The van der Waals surface area contributed by atoms with E-state index in [1.165, 1.54) is 11.0 Å². The molecular weight excluding hydrogens is 299 g/mol. The van der Waals surface area contributed by atoms with Gasteiger partial charge in [0.05, 0.1) is 13.1 Å². The van der Waals surface area contributed by atoms with Crippen LogP contribution in [0.25, 0.3) is 0 Å². The quantitative estimate of drug-likeness (QED) is 0.798. The summed E-state index contributed by atoms with van der Waals surface area (Å²) in [7, 11) is 1.66. The number of rotatable bonds is 1. The maximum Gasteiger partial charge on any atom is 0.410 e. The van der Waals surface area contributed by atoms with Crippen LogP contribution < -0.4 is 0 Å². The van der Waals surface area contributed by atoms with E-state index < -0.39 is 11.4 Å². The Bertz CT molecular complexity index is 604. The van der Waals surface area contributed by atoms with Crippen LogP contribution in [-0.4, -0.2) is 54.1 Å². The number of halogens is 2. The first-order valence-electron chi connectivity index (χ1n) is 6.58. The lowest BCUT2D eigenvalue weighted by Gasteiger charge is -2.21. The number of amides is 2. The van der Waals surface area contributed by atoms with Gasteiger partial charge in [-0.3, -0.25) is 4.79 Å². The molecule has 0 aliphatic carbocycles. The fraction of sp³-hybridized carbons (Fsp3) is 0.429. The van der Waals surface area contributed by atoms with Crippen LogP contribution in [-0.2, 0) is 4.74 Å². The van der Waals surface area contributed by atoms with Gasteiger partial charge in [0.15, 0.2) is 5.60 Å². The summed E-state index contributed by atoms with van der Waals surface area (Å²) in [6.07, 6.45) is 0.204. The Hall–Kier alpha value is -1.82. The number of hydrogen-bond donors (Lipinski definition) is 0. The molecule has 2 saturated heterocycles. The summed E-state index contributed by atoms with van der Waals surface area (Å²) in [4.78, 5) is 27.0. The Balaban J connectivity index is 1.77. The molecule has 0 bridgehead atoms. The minimum absolute atomic E-state index is 0.180. The molecule has 1 spiro atoms. The molecule has 0 radical (unpaired) electrons. The summed E-state index contributed by atoms with van der Waals surface area (Å²) in [5.74, 6) is -0.856. The molecule has 2 amide bonds. The normalized spacial score (nSPS) is 24.8. The van der Waals surface area contributed by atoms with Gasteiger partial charge in [0.25, 0.3) is 5.91 Å². The van der Waals surface area contributed by atoms with Crippen LogP contribution in [0.15, 0.2) is 18.2 Å². The maximum atomic E-state index is 13.3. The maximum absolute atomic E-state index is 13.3. The zero-order chi connectivity index (χ0) is 15.2. The van der Waals surface area contributed by atoms with Crippen molar-refractivity contribution in [3.8, 4) is 0 Å². The molecular formula is C14H14ClFN2O3. The number of carbonyl (C=O) groups is 2. The summed E-state index contributed by atoms with van der Waals surface area (Å²) in [5, 5.41) is 0.180. The van der Waals surface area contributed by atoms with Crippen LogP contribution in [0.5, 0.6) is 0 Å². The summed E-state index contributed by atoms with van der Waals surface area (Å²) in [6, 6.07) is 3.74. The van der Waals surface area contributed by atoms with Gasteiger partial charge in [-0.15, -0.1) is 0 Å². The van der Waals surface area contributed by atoms with Gasteiger partial charge < -0.3 is 14.5 Å². The van der Waals surface area contributed by atoms with E-state index in [1.807, 2.05) is 0 Å². The largest absolute Gasteiger partial charge is 0.439 e. The third-order valence-electron chi connectivity index (χ3n) is 3.85. The molecule has 0 aromatic heterocycles. The first kappa shape index (κ1) is 14.1. The van der Waals surface area contributed by atoms with Crippen molar-refractivity contribution in [2.45, 2.75) is 12.0 Å². The molecule has 7 heteroatoms. The van der Waals surface area contributed by atoms with Crippen LogP contribution in [0.2, 0.25) is 5.02 Å². The van der Waals surface area contributed by atoms with Crippen molar-refractivity contribution in [3.05, 3.63) is 34.6 Å². The molecule has 1 aromatic carbocycles. The zero-order valence-corrected chi connectivity index (χ0v) is 12.2. The molecule has 2 aliphatic rings. The monoisotopic (exact) mass is 312 g/mol. The second-order valence-electron chi connectivity index (χ2n) is 5.54. The van der Waals surface area contributed by atoms with Crippen molar-refractivity contribution in [3.63, 3.8) is 0 Å². The molecule has 2 heterocycles. The SMILES string of the molecule is CN1C[C@]2(CCN(C(=O)c3cc(F)cc(Cl)c3)C2)OC1=O. The van der Waals surface area contributed by atoms with Crippen LogP contribution >= 0.6 is 11.6 Å². The first-order chi connectivity index (χ1) is 9.88. The molecule has 0 saturated carbocycles. The molecule has 2 fully saturated rings. The van der Waals surface area contributed by atoms with Crippen LogP contribution in [0, 0.1) is 5.82 Å². The summed E-state index contributed by atoms with van der Waals surface area (Å²) in [6.45, 7) is 1.24. The van der Waals surface area contributed by atoms with E-state index in [-0.39, 0.29) is 22.6 Å². The highest BCUT2D eigenvalue weighted by molar-refractivity contribution is 6.31. The average Bonchev–Trinajstić information content (AvgIpc) is 2.92. The second kappa shape index (κ2) is 4.87. The highest BCUT2D eigenvalue weighted by atomic mass is 35.5. The van der Waals surface area contributed by atoms with Crippen molar-refractivity contribution < 1.29 is 18.7 Å². The van der Waals surface area contributed by atoms with Gasteiger partial charge >= 0.3 is 6.09 Å². The van der Waals surface area contributed by atoms with Gasteiger partial charge in [-0.1, -0.05) is 11.6 Å². The first-order valence-corrected chi connectivity index (χ1v) is 6.96. The Morgan fingerprint density at radius 2 is 2.14 bits per heavy atom. The van der Waals surface area contributed by atoms with Crippen LogP contribution in [0.4, 0.5) is 9.18 Å². The smallest absolute Gasteiger partial charge is 0.410 e. The lowest BCUT2D eigenvalue weighted by Crippen LogP contribution is -2.39. The Kier molecular flexibility index (Phi) is 3.28. The Morgan fingerprint density at radius 1 is 1.38 bits per heavy atom. The van der Waals surface area contributed by atoms with Crippen molar-refractivity contribution in [1.82, 2.24) is 9.80 Å². The van der Waals surface area contributed by atoms with E-state index in [2.05, 4.69) is 0 Å². The molecule has 1 atom stereocenters. The fourth-order valence-corrected chi connectivity index (χ4v) is 3.10. The van der Waals surface area contributed by atoms with Gasteiger partial charge in [0, 0.05) is 30.6 Å². The molecule has 112 valence electrons. The van der Waals surface area contributed by atoms with Crippen LogP contribution in [0.1, 0.15) is 16.8 Å². The predicted octanol–water partition coefficient (Wildman–Crippen LogP) is 2.15. The van der Waals surface area contributed by atoms with E-state index in [0.29, 0.717) is 26.1 Å².